The lowest BCUT2D eigenvalue weighted by Crippen LogP contribution is -2.12. The van der Waals surface area contributed by atoms with Gasteiger partial charge in [-0.3, -0.25) is 14.9 Å². The maximum absolute atomic E-state index is 13.8. The predicted molar refractivity (Wildman–Crippen MR) is 115 cm³/mol. The van der Waals surface area contributed by atoms with Crippen LogP contribution in [0.3, 0.4) is 0 Å². The highest BCUT2D eigenvalue weighted by molar-refractivity contribution is 5.71. The molecular formula is C24H24FNO6. The van der Waals surface area contributed by atoms with E-state index in [1.165, 1.54) is 13.2 Å². The zero-order valence-corrected chi connectivity index (χ0v) is 17.9. The van der Waals surface area contributed by atoms with Gasteiger partial charge in [0, 0.05) is 11.6 Å². The van der Waals surface area contributed by atoms with Crippen molar-refractivity contribution in [2.45, 2.75) is 44.1 Å². The van der Waals surface area contributed by atoms with E-state index in [0.717, 1.165) is 37.8 Å². The Hall–Kier alpha value is -3.60. The minimum atomic E-state index is -0.760. The van der Waals surface area contributed by atoms with Crippen LogP contribution in [0, 0.1) is 27.8 Å². The van der Waals surface area contributed by atoms with E-state index in [0.29, 0.717) is 17.1 Å². The molecule has 0 spiro atoms. The Bertz CT molecular complexity index is 1050. The number of hydrogen-bond donors (Lipinski definition) is 0. The SMILES string of the molecule is COC(=O)CC(C#Cc1cc(F)cc([N+](=O)[O-])c1)c1ccc(OC)c(OC2CCCC2)c1. The molecule has 168 valence electrons. The number of methoxy groups -OCH3 is 2. The Morgan fingerprint density at radius 2 is 1.94 bits per heavy atom. The molecule has 1 atom stereocenters. The van der Waals surface area contributed by atoms with Crippen molar-refractivity contribution in [1.29, 1.82) is 0 Å². The van der Waals surface area contributed by atoms with Gasteiger partial charge in [-0.2, -0.15) is 0 Å². The number of nitro groups is 1. The van der Waals surface area contributed by atoms with Crippen LogP contribution in [0.2, 0.25) is 0 Å². The Morgan fingerprint density at radius 1 is 1.19 bits per heavy atom. The molecular weight excluding hydrogens is 417 g/mol. The molecule has 0 amide bonds. The molecule has 1 saturated carbocycles. The van der Waals surface area contributed by atoms with E-state index in [1.54, 1.807) is 25.3 Å². The molecule has 2 aromatic rings. The fourth-order valence-electron chi connectivity index (χ4n) is 3.61. The number of carbonyl (C=O) groups is 1. The van der Waals surface area contributed by atoms with E-state index in [9.17, 15) is 19.3 Å². The summed E-state index contributed by atoms with van der Waals surface area (Å²) in [5.41, 5.74) is 0.445. The van der Waals surface area contributed by atoms with Crippen molar-refractivity contribution in [3.8, 4) is 23.3 Å². The van der Waals surface area contributed by atoms with Crippen molar-refractivity contribution < 1.29 is 28.3 Å². The minimum Gasteiger partial charge on any atom is -0.493 e. The molecule has 1 fully saturated rings. The normalized spacial score (nSPS) is 14.2. The van der Waals surface area contributed by atoms with Crippen molar-refractivity contribution in [3.63, 3.8) is 0 Å². The van der Waals surface area contributed by atoms with Crippen molar-refractivity contribution >= 4 is 11.7 Å². The summed E-state index contributed by atoms with van der Waals surface area (Å²) in [5, 5.41) is 11.0. The Labute approximate surface area is 185 Å². The van der Waals surface area contributed by atoms with Gasteiger partial charge in [0.15, 0.2) is 11.5 Å². The van der Waals surface area contributed by atoms with E-state index in [-0.39, 0.29) is 18.1 Å². The van der Waals surface area contributed by atoms with Crippen LogP contribution in [0.1, 0.15) is 49.1 Å². The number of halogens is 1. The van der Waals surface area contributed by atoms with Gasteiger partial charge in [-0.05, 0) is 49.4 Å². The lowest BCUT2D eigenvalue weighted by Gasteiger charge is -2.18. The van der Waals surface area contributed by atoms with Gasteiger partial charge in [0.2, 0.25) is 0 Å². The van der Waals surface area contributed by atoms with E-state index >= 15 is 0 Å². The highest BCUT2D eigenvalue weighted by Crippen LogP contribution is 2.35. The molecule has 0 heterocycles. The second-order valence-corrected chi connectivity index (χ2v) is 7.49. The van der Waals surface area contributed by atoms with Crippen molar-refractivity contribution in [2.24, 2.45) is 0 Å². The molecule has 32 heavy (non-hydrogen) atoms. The summed E-state index contributed by atoms with van der Waals surface area (Å²) in [7, 11) is 2.84. The number of nitro benzene ring substituents is 1. The predicted octanol–water partition coefficient (Wildman–Crippen LogP) is 4.76. The number of esters is 1. The molecule has 3 rings (SSSR count). The monoisotopic (exact) mass is 441 g/mol. The minimum absolute atomic E-state index is 0.0455. The summed E-state index contributed by atoms with van der Waals surface area (Å²) < 4.78 is 30.1. The molecule has 0 aliphatic heterocycles. The molecule has 2 aromatic carbocycles. The van der Waals surface area contributed by atoms with E-state index < -0.39 is 28.3 Å². The molecule has 1 unspecified atom stereocenters. The van der Waals surface area contributed by atoms with Gasteiger partial charge in [0.25, 0.3) is 5.69 Å². The topological polar surface area (TPSA) is 87.9 Å². The third-order valence-corrected chi connectivity index (χ3v) is 5.27. The van der Waals surface area contributed by atoms with Crippen LogP contribution in [0.25, 0.3) is 0 Å². The van der Waals surface area contributed by atoms with Gasteiger partial charge < -0.3 is 14.2 Å². The number of benzene rings is 2. The maximum Gasteiger partial charge on any atom is 0.307 e. The number of nitrogens with zero attached hydrogens (tertiary/aromatic N) is 1. The van der Waals surface area contributed by atoms with Crippen LogP contribution in [-0.2, 0) is 9.53 Å². The fourth-order valence-corrected chi connectivity index (χ4v) is 3.61. The zero-order valence-electron chi connectivity index (χ0n) is 17.9. The van der Waals surface area contributed by atoms with Crippen LogP contribution in [0.15, 0.2) is 36.4 Å². The smallest absolute Gasteiger partial charge is 0.307 e. The number of rotatable bonds is 7. The molecule has 8 heteroatoms. The summed E-state index contributed by atoms with van der Waals surface area (Å²) in [6.07, 6.45) is 4.23. The Kier molecular flexibility index (Phi) is 7.66. The first-order valence-corrected chi connectivity index (χ1v) is 10.3. The number of carbonyl (C=O) groups excluding carboxylic acids is 1. The summed E-state index contributed by atoms with van der Waals surface area (Å²) in [6.45, 7) is 0. The van der Waals surface area contributed by atoms with Crippen molar-refractivity contribution in [3.05, 3.63) is 63.5 Å². The standard InChI is InChI=1S/C24H24FNO6/c1-30-22-10-9-17(13-23(22)32-21-5-3-4-6-21)18(14-24(27)31-2)8-7-16-11-19(25)15-20(12-16)26(28)29/h9-13,15,18,21H,3-6,14H2,1-2H3. The summed E-state index contributed by atoms with van der Waals surface area (Å²) in [4.78, 5) is 22.3. The quantitative estimate of drug-likeness (QED) is 0.266. The maximum atomic E-state index is 13.8. The molecule has 0 radical (unpaired) electrons. The molecule has 1 aliphatic carbocycles. The van der Waals surface area contributed by atoms with Gasteiger partial charge >= 0.3 is 5.97 Å². The van der Waals surface area contributed by atoms with E-state index in [1.807, 2.05) is 0 Å². The van der Waals surface area contributed by atoms with Crippen LogP contribution in [0.5, 0.6) is 11.5 Å². The zero-order chi connectivity index (χ0) is 23.1. The van der Waals surface area contributed by atoms with Gasteiger partial charge in [0.05, 0.1) is 43.7 Å². The highest BCUT2D eigenvalue weighted by Gasteiger charge is 2.21. The Balaban J connectivity index is 1.95. The van der Waals surface area contributed by atoms with Gasteiger partial charge in [-0.1, -0.05) is 17.9 Å². The van der Waals surface area contributed by atoms with Crippen LogP contribution >= 0.6 is 0 Å². The van der Waals surface area contributed by atoms with Crippen LogP contribution in [0.4, 0.5) is 10.1 Å². The molecule has 1 aliphatic rings. The average Bonchev–Trinajstić information content (AvgIpc) is 3.29. The second kappa shape index (κ2) is 10.6. The third-order valence-electron chi connectivity index (χ3n) is 5.27. The third kappa shape index (κ3) is 5.97. The number of hydrogen-bond acceptors (Lipinski definition) is 6. The van der Waals surface area contributed by atoms with Gasteiger partial charge in [0.1, 0.15) is 5.82 Å². The van der Waals surface area contributed by atoms with Gasteiger partial charge in [-0.25, -0.2) is 4.39 Å². The summed E-state index contributed by atoms with van der Waals surface area (Å²) in [5.74, 6) is 5.00. The van der Waals surface area contributed by atoms with Crippen LogP contribution in [-0.4, -0.2) is 31.2 Å². The highest BCUT2D eigenvalue weighted by atomic mass is 19.1. The molecule has 0 N–H and O–H groups in total. The molecule has 0 aromatic heterocycles. The first kappa shape index (κ1) is 23.1. The summed E-state index contributed by atoms with van der Waals surface area (Å²) >= 11 is 0. The molecule has 0 saturated heterocycles. The Morgan fingerprint density at radius 3 is 2.59 bits per heavy atom. The van der Waals surface area contributed by atoms with Crippen molar-refractivity contribution in [2.75, 3.05) is 14.2 Å². The summed E-state index contributed by atoms with van der Waals surface area (Å²) in [6, 6.07) is 8.43. The number of non-ortho nitro benzene ring substituents is 1. The lowest BCUT2D eigenvalue weighted by atomic mass is 9.95. The first-order chi connectivity index (χ1) is 15.4. The van der Waals surface area contributed by atoms with Gasteiger partial charge in [-0.15, -0.1) is 0 Å². The second-order valence-electron chi connectivity index (χ2n) is 7.49. The van der Waals surface area contributed by atoms with Crippen molar-refractivity contribution in [1.82, 2.24) is 0 Å². The fraction of sp³-hybridized carbons (Fsp3) is 0.375. The first-order valence-electron chi connectivity index (χ1n) is 10.3. The van der Waals surface area contributed by atoms with E-state index in [4.69, 9.17) is 14.2 Å². The lowest BCUT2D eigenvalue weighted by molar-refractivity contribution is -0.385. The molecule has 0 bridgehead atoms. The molecule has 7 nitrogen and oxygen atoms in total. The largest absolute Gasteiger partial charge is 0.493 e. The number of ether oxygens (including phenoxy) is 3. The van der Waals surface area contributed by atoms with Crippen LogP contribution < -0.4 is 9.47 Å². The van der Waals surface area contributed by atoms with E-state index in [2.05, 4.69) is 11.8 Å². The average molecular weight is 441 g/mol.